The van der Waals surface area contributed by atoms with E-state index in [9.17, 15) is 4.39 Å². The van der Waals surface area contributed by atoms with Crippen LogP contribution in [-0.4, -0.2) is 39.3 Å². The SMILES string of the molecule is C=C1NCCOc2ncc(F)cc2[C@@]23C[C@@H]2CCN3c2ccn3ncc1c3n2. The molecule has 1 N–H and O–H groups in total. The van der Waals surface area contributed by atoms with Gasteiger partial charge in [-0.05, 0) is 30.9 Å². The first-order valence-corrected chi connectivity index (χ1v) is 9.51. The third kappa shape index (κ3) is 2.05. The zero-order chi connectivity index (χ0) is 18.9. The maximum Gasteiger partial charge on any atom is 0.219 e. The molecule has 6 rings (SSSR count). The van der Waals surface area contributed by atoms with Crippen molar-refractivity contribution in [2.45, 2.75) is 18.4 Å². The molecule has 8 heteroatoms. The summed E-state index contributed by atoms with van der Waals surface area (Å²) in [6, 6.07) is 3.55. The third-order valence-corrected chi connectivity index (χ3v) is 6.18. The number of fused-ring (bicyclic) bond motifs is 3. The second kappa shape index (κ2) is 5.43. The predicted molar refractivity (Wildman–Crippen MR) is 101 cm³/mol. The van der Waals surface area contributed by atoms with Gasteiger partial charge >= 0.3 is 0 Å². The number of rotatable bonds is 0. The molecule has 2 bridgehead atoms. The maximum absolute atomic E-state index is 14.1. The molecule has 1 saturated carbocycles. The van der Waals surface area contributed by atoms with Gasteiger partial charge in [0.2, 0.25) is 5.88 Å². The van der Waals surface area contributed by atoms with Crippen molar-refractivity contribution in [1.29, 1.82) is 0 Å². The van der Waals surface area contributed by atoms with Gasteiger partial charge in [-0.25, -0.2) is 18.9 Å². The molecule has 0 amide bonds. The van der Waals surface area contributed by atoms with Crippen molar-refractivity contribution < 1.29 is 9.13 Å². The molecule has 142 valence electrons. The first kappa shape index (κ1) is 15.9. The van der Waals surface area contributed by atoms with E-state index in [0.717, 1.165) is 47.7 Å². The van der Waals surface area contributed by atoms with Gasteiger partial charge in [-0.15, -0.1) is 0 Å². The summed E-state index contributed by atoms with van der Waals surface area (Å²) in [6.45, 7) is 5.94. The molecule has 2 atom stereocenters. The molecule has 3 aliphatic rings. The molecular formula is C20H19FN6O. The lowest BCUT2D eigenvalue weighted by Gasteiger charge is -2.30. The predicted octanol–water partition coefficient (Wildman–Crippen LogP) is 2.34. The van der Waals surface area contributed by atoms with E-state index < -0.39 is 0 Å². The fraction of sp³-hybridized carbons (Fsp3) is 0.350. The Bertz CT molecular complexity index is 1130. The number of anilines is 1. The summed E-state index contributed by atoms with van der Waals surface area (Å²) in [5.74, 6) is 1.48. The fourth-order valence-electron chi connectivity index (χ4n) is 4.79. The van der Waals surface area contributed by atoms with Gasteiger partial charge in [0.05, 0.1) is 23.5 Å². The van der Waals surface area contributed by atoms with Crippen LogP contribution in [0.25, 0.3) is 11.3 Å². The van der Waals surface area contributed by atoms with Crippen molar-refractivity contribution in [2.75, 3.05) is 24.6 Å². The average Bonchev–Trinajstić information content (AvgIpc) is 3.08. The lowest BCUT2D eigenvalue weighted by Crippen LogP contribution is -2.34. The monoisotopic (exact) mass is 378 g/mol. The number of aromatic nitrogens is 4. The smallest absolute Gasteiger partial charge is 0.219 e. The number of pyridine rings is 1. The number of hydrogen-bond donors (Lipinski definition) is 1. The Labute approximate surface area is 160 Å². The van der Waals surface area contributed by atoms with Gasteiger partial charge in [0.1, 0.15) is 18.2 Å². The van der Waals surface area contributed by atoms with Gasteiger partial charge in [-0.3, -0.25) is 0 Å². The van der Waals surface area contributed by atoms with Crippen LogP contribution in [-0.2, 0) is 5.54 Å². The quantitative estimate of drug-likeness (QED) is 0.648. The van der Waals surface area contributed by atoms with E-state index in [4.69, 9.17) is 9.72 Å². The highest BCUT2D eigenvalue weighted by Crippen LogP contribution is 2.64. The highest BCUT2D eigenvalue weighted by molar-refractivity contribution is 5.74. The molecule has 28 heavy (non-hydrogen) atoms. The molecule has 0 aromatic carbocycles. The first-order valence-electron chi connectivity index (χ1n) is 9.51. The second-order valence-corrected chi connectivity index (χ2v) is 7.64. The average molecular weight is 378 g/mol. The molecule has 3 aromatic heterocycles. The third-order valence-electron chi connectivity index (χ3n) is 6.18. The minimum absolute atomic E-state index is 0.297. The highest BCUT2D eigenvalue weighted by atomic mass is 19.1. The Morgan fingerprint density at radius 3 is 3.18 bits per heavy atom. The number of nitrogens with zero attached hydrogens (tertiary/aromatic N) is 5. The van der Waals surface area contributed by atoms with E-state index in [1.165, 1.54) is 6.20 Å². The Morgan fingerprint density at radius 1 is 1.36 bits per heavy atom. The van der Waals surface area contributed by atoms with Crippen molar-refractivity contribution in [3.05, 3.63) is 54.2 Å². The number of halogens is 1. The minimum Gasteiger partial charge on any atom is -0.476 e. The summed E-state index contributed by atoms with van der Waals surface area (Å²) in [6.07, 6.45) is 6.91. The van der Waals surface area contributed by atoms with E-state index in [1.54, 1.807) is 16.8 Å². The first-order chi connectivity index (χ1) is 13.7. The van der Waals surface area contributed by atoms with E-state index >= 15 is 0 Å². The Balaban J connectivity index is 1.57. The van der Waals surface area contributed by atoms with Crippen LogP contribution in [0.2, 0.25) is 0 Å². The van der Waals surface area contributed by atoms with Gasteiger partial charge in [-0.2, -0.15) is 5.10 Å². The van der Waals surface area contributed by atoms with Crippen LogP contribution in [0.3, 0.4) is 0 Å². The largest absolute Gasteiger partial charge is 0.476 e. The number of piperidine rings is 1. The van der Waals surface area contributed by atoms with Crippen LogP contribution in [0, 0.1) is 11.7 Å². The molecule has 2 aliphatic heterocycles. The van der Waals surface area contributed by atoms with Crippen LogP contribution in [0.1, 0.15) is 24.0 Å². The van der Waals surface area contributed by atoms with Crippen LogP contribution in [0.15, 0.2) is 37.3 Å². The van der Waals surface area contributed by atoms with Crippen molar-refractivity contribution >= 4 is 17.2 Å². The summed E-state index contributed by atoms with van der Waals surface area (Å²) in [7, 11) is 0. The molecule has 3 aromatic rings. The van der Waals surface area contributed by atoms with Gasteiger partial charge in [-0.1, -0.05) is 6.58 Å². The standard InChI is InChI=1S/C20H19FN6O/c1-12-15-11-24-27-6-3-17(25-18(15)27)26-5-2-13-9-20(13,26)16-8-14(21)10-23-19(16)28-7-4-22-12/h3,6,8,10-11,13,22H,1-2,4-5,7,9H2/t13-,20+/m0/s1. The van der Waals surface area contributed by atoms with Crippen LogP contribution in [0.5, 0.6) is 5.88 Å². The normalized spacial score (nSPS) is 25.7. The molecule has 1 aliphatic carbocycles. The summed E-state index contributed by atoms with van der Waals surface area (Å²) in [4.78, 5) is 11.5. The van der Waals surface area contributed by atoms with Gasteiger partial charge in [0, 0.05) is 30.5 Å². The molecule has 2 fully saturated rings. The van der Waals surface area contributed by atoms with Crippen LogP contribution in [0.4, 0.5) is 10.2 Å². The summed E-state index contributed by atoms with van der Waals surface area (Å²) < 4.78 is 21.9. The van der Waals surface area contributed by atoms with Gasteiger partial charge < -0.3 is 15.0 Å². The number of nitrogens with one attached hydrogen (secondary N) is 1. The topological polar surface area (TPSA) is 67.6 Å². The Kier molecular flexibility index (Phi) is 3.08. The lowest BCUT2D eigenvalue weighted by molar-refractivity contribution is 0.301. The van der Waals surface area contributed by atoms with Gasteiger partial charge in [0.25, 0.3) is 0 Å². The molecule has 0 radical (unpaired) electrons. The fourth-order valence-corrected chi connectivity index (χ4v) is 4.79. The summed E-state index contributed by atoms with van der Waals surface area (Å²) in [5.41, 5.74) is 2.89. The molecular weight excluding hydrogens is 359 g/mol. The van der Waals surface area contributed by atoms with Crippen LogP contribution < -0.4 is 15.0 Å². The van der Waals surface area contributed by atoms with Gasteiger partial charge in [0.15, 0.2) is 5.65 Å². The molecule has 5 heterocycles. The Hall–Kier alpha value is -3.16. The van der Waals surface area contributed by atoms with E-state index in [-0.39, 0.29) is 11.4 Å². The van der Waals surface area contributed by atoms with Crippen molar-refractivity contribution in [3.63, 3.8) is 0 Å². The molecule has 1 spiro atoms. The van der Waals surface area contributed by atoms with Crippen molar-refractivity contribution in [3.8, 4) is 5.88 Å². The highest BCUT2D eigenvalue weighted by Gasteiger charge is 2.65. The lowest BCUT2D eigenvalue weighted by atomic mass is 10.0. The molecule has 0 unspecified atom stereocenters. The molecule has 7 nitrogen and oxygen atoms in total. The maximum atomic E-state index is 14.1. The van der Waals surface area contributed by atoms with Crippen molar-refractivity contribution in [2.24, 2.45) is 5.92 Å². The second-order valence-electron chi connectivity index (χ2n) is 7.64. The minimum atomic E-state index is -0.341. The van der Waals surface area contributed by atoms with Crippen LogP contribution >= 0.6 is 0 Å². The molecule has 1 saturated heterocycles. The van der Waals surface area contributed by atoms with E-state index in [0.29, 0.717) is 24.9 Å². The zero-order valence-corrected chi connectivity index (χ0v) is 15.2. The summed E-state index contributed by atoms with van der Waals surface area (Å²) in [5, 5.41) is 7.65. The van der Waals surface area contributed by atoms with E-state index in [1.807, 2.05) is 12.3 Å². The number of hydrogen-bond acceptors (Lipinski definition) is 6. The zero-order valence-electron chi connectivity index (χ0n) is 15.2. The van der Waals surface area contributed by atoms with E-state index in [2.05, 4.69) is 26.9 Å². The summed E-state index contributed by atoms with van der Waals surface area (Å²) >= 11 is 0. The number of ether oxygens (including phenoxy) is 1. The Morgan fingerprint density at radius 2 is 2.29 bits per heavy atom. The van der Waals surface area contributed by atoms with Crippen molar-refractivity contribution in [1.82, 2.24) is 24.9 Å².